The molecule has 0 bridgehead atoms. The fraction of sp³-hybridized carbons (Fsp3) is 0.968. The second kappa shape index (κ2) is 51.7. The van der Waals surface area contributed by atoms with Crippen LogP contribution in [0.25, 0.3) is 0 Å². The third kappa shape index (κ3) is 41.0. The van der Waals surface area contributed by atoms with Crippen molar-refractivity contribution in [2.45, 2.75) is 354 Å². The first-order valence-electron chi connectivity index (χ1n) is 32.0. The number of amides is 2. The molecule has 0 aromatic heterocycles. The van der Waals surface area contributed by atoms with Crippen molar-refractivity contribution in [2.24, 2.45) is 0 Å². The molecule has 0 spiro atoms. The van der Waals surface area contributed by atoms with E-state index in [2.05, 4.69) is 42.4 Å². The van der Waals surface area contributed by atoms with Gasteiger partial charge in [0.2, 0.25) is 11.8 Å². The molecule has 410 valence electrons. The molecule has 0 aromatic rings. The minimum Gasteiger partial charge on any atom is -0.391 e. The van der Waals surface area contributed by atoms with Crippen molar-refractivity contribution >= 4 is 11.8 Å². The number of hydrogen-bond acceptors (Lipinski definition) is 4. The van der Waals surface area contributed by atoms with E-state index in [1.165, 1.54) is 257 Å². The van der Waals surface area contributed by atoms with Crippen LogP contribution in [0.3, 0.4) is 0 Å². The van der Waals surface area contributed by atoms with Gasteiger partial charge in [-0.05, 0) is 77.3 Å². The van der Waals surface area contributed by atoms with Gasteiger partial charge in [0.15, 0.2) is 0 Å². The lowest BCUT2D eigenvalue weighted by Gasteiger charge is -2.34. The molecule has 0 saturated heterocycles. The summed E-state index contributed by atoms with van der Waals surface area (Å²) in [6, 6.07) is 0.309. The topological polar surface area (TPSA) is 64.1 Å². The first-order chi connectivity index (χ1) is 34.0. The largest absolute Gasteiger partial charge is 0.391 e. The minimum atomic E-state index is -0.191. The van der Waals surface area contributed by atoms with Crippen LogP contribution >= 0.6 is 0 Å². The highest BCUT2D eigenvalue weighted by Gasteiger charge is 2.27. The van der Waals surface area contributed by atoms with Crippen LogP contribution in [0.1, 0.15) is 342 Å². The van der Waals surface area contributed by atoms with Crippen LogP contribution in [0.2, 0.25) is 0 Å². The highest BCUT2D eigenvalue weighted by Crippen LogP contribution is 2.25. The van der Waals surface area contributed by atoms with Gasteiger partial charge in [-0.3, -0.25) is 14.5 Å². The van der Waals surface area contributed by atoms with Gasteiger partial charge in [0, 0.05) is 45.1 Å². The maximum atomic E-state index is 13.5. The molecule has 1 aliphatic rings. The zero-order valence-electron chi connectivity index (χ0n) is 47.7. The van der Waals surface area contributed by atoms with Crippen LogP contribution in [0, 0.1) is 0 Å². The van der Waals surface area contributed by atoms with Crippen LogP contribution in [0.15, 0.2) is 0 Å². The maximum Gasteiger partial charge on any atom is 0.222 e. The van der Waals surface area contributed by atoms with E-state index in [1.807, 2.05) is 0 Å². The van der Waals surface area contributed by atoms with Crippen molar-refractivity contribution in [2.75, 3.05) is 39.3 Å². The summed E-state index contributed by atoms with van der Waals surface area (Å²) in [6.45, 7) is 15.2. The fourth-order valence-corrected chi connectivity index (χ4v) is 11.2. The molecule has 1 rings (SSSR count). The van der Waals surface area contributed by atoms with Crippen molar-refractivity contribution in [1.82, 2.24) is 14.7 Å². The number of aliphatic hydroxyl groups is 1. The Morgan fingerprint density at radius 2 is 0.565 bits per heavy atom. The second-order valence-corrected chi connectivity index (χ2v) is 22.5. The Bertz CT molecular complexity index is 960. The summed E-state index contributed by atoms with van der Waals surface area (Å²) < 4.78 is 0. The standard InChI is InChI=1S/C63H125N3O3/c1-5-9-13-17-21-25-33-46-56-65(57-47-34-26-22-18-14-10-6-2)62(68)52-42-31-29-37-44-54-64(60-50-40-39-41-51-61(60)67)55-45-38-30-32-43-53-63(69)66(58-48-35-27-23-19-15-11-7-3)59-49-36-28-24-20-16-12-8-4/h60-61,67H,5-59H2,1-4H3/t60-,61+/m0/s1. The van der Waals surface area contributed by atoms with Gasteiger partial charge in [-0.15, -0.1) is 0 Å². The van der Waals surface area contributed by atoms with Gasteiger partial charge in [-0.2, -0.15) is 0 Å². The summed E-state index contributed by atoms with van der Waals surface area (Å²) in [7, 11) is 0. The lowest BCUT2D eigenvalue weighted by Crippen LogP contribution is -2.44. The third-order valence-corrected chi connectivity index (χ3v) is 15.9. The van der Waals surface area contributed by atoms with Crippen molar-refractivity contribution in [3.05, 3.63) is 0 Å². The zero-order valence-corrected chi connectivity index (χ0v) is 47.7. The number of carbonyl (C=O) groups is 2. The predicted octanol–water partition coefficient (Wildman–Crippen LogP) is 18.9. The third-order valence-electron chi connectivity index (χ3n) is 15.9. The minimum absolute atomic E-state index is 0.191. The van der Waals surface area contributed by atoms with Crippen LogP contribution in [0.4, 0.5) is 0 Å². The van der Waals surface area contributed by atoms with Gasteiger partial charge in [-0.25, -0.2) is 0 Å². The molecular weight excluding hydrogens is 847 g/mol. The van der Waals surface area contributed by atoms with E-state index in [0.717, 1.165) is 97.1 Å². The Balaban J connectivity index is 2.49. The number of hydrogen-bond donors (Lipinski definition) is 1. The van der Waals surface area contributed by atoms with Crippen molar-refractivity contribution in [3.63, 3.8) is 0 Å². The summed E-state index contributed by atoms with van der Waals surface area (Å²) in [5, 5.41) is 11.2. The Morgan fingerprint density at radius 1 is 0.319 bits per heavy atom. The zero-order chi connectivity index (χ0) is 49.9. The Kier molecular flexibility index (Phi) is 49.4. The molecule has 1 aliphatic carbocycles. The molecule has 1 N–H and O–H groups in total. The van der Waals surface area contributed by atoms with Crippen LogP contribution in [0.5, 0.6) is 0 Å². The number of unbranched alkanes of at least 4 members (excludes halogenated alkanes) is 36. The molecule has 6 nitrogen and oxygen atoms in total. The first-order valence-corrected chi connectivity index (χ1v) is 32.0. The van der Waals surface area contributed by atoms with Crippen LogP contribution in [-0.4, -0.2) is 83.0 Å². The molecule has 0 heterocycles. The van der Waals surface area contributed by atoms with Gasteiger partial charge in [0.05, 0.1) is 6.10 Å². The predicted molar refractivity (Wildman–Crippen MR) is 303 cm³/mol. The number of nitrogens with zero attached hydrogens (tertiary/aromatic N) is 3. The molecule has 0 unspecified atom stereocenters. The van der Waals surface area contributed by atoms with Crippen LogP contribution in [-0.2, 0) is 9.59 Å². The van der Waals surface area contributed by atoms with E-state index >= 15 is 0 Å². The molecule has 0 aromatic carbocycles. The van der Waals surface area contributed by atoms with E-state index in [0.29, 0.717) is 17.9 Å². The van der Waals surface area contributed by atoms with Crippen molar-refractivity contribution < 1.29 is 14.7 Å². The van der Waals surface area contributed by atoms with Gasteiger partial charge >= 0.3 is 0 Å². The molecule has 2 atom stereocenters. The Hall–Kier alpha value is -1.14. The van der Waals surface area contributed by atoms with Gasteiger partial charge in [0.25, 0.3) is 0 Å². The van der Waals surface area contributed by atoms with Crippen molar-refractivity contribution in [1.29, 1.82) is 0 Å². The first kappa shape index (κ1) is 65.9. The molecule has 0 aliphatic heterocycles. The highest BCUT2D eigenvalue weighted by atomic mass is 16.3. The SMILES string of the molecule is CCCCCCCCCCN(CCCCCCCCCC)C(=O)CCCCCCCN(CCCCCCCC(=O)N(CCCCCCCCCC)CCCCCCCCCC)[C@H]1CCCCC[C@H]1O. The number of carbonyl (C=O) groups excluding carboxylic acids is 2. The molecule has 1 saturated carbocycles. The average Bonchev–Trinajstić information content (AvgIpc) is 3.58. The summed E-state index contributed by atoms with van der Waals surface area (Å²) in [4.78, 5) is 34.2. The summed E-state index contributed by atoms with van der Waals surface area (Å²) in [5.41, 5.74) is 0. The van der Waals surface area contributed by atoms with E-state index in [4.69, 9.17) is 0 Å². The second-order valence-electron chi connectivity index (χ2n) is 22.5. The van der Waals surface area contributed by atoms with E-state index in [1.54, 1.807) is 0 Å². The normalized spacial score (nSPS) is 15.3. The highest BCUT2D eigenvalue weighted by molar-refractivity contribution is 5.76. The molecule has 0 radical (unpaired) electrons. The van der Waals surface area contributed by atoms with Gasteiger partial charge < -0.3 is 14.9 Å². The van der Waals surface area contributed by atoms with E-state index < -0.39 is 0 Å². The summed E-state index contributed by atoms with van der Waals surface area (Å²) in [6.07, 6.45) is 60.8. The molecular formula is C63H125N3O3. The summed E-state index contributed by atoms with van der Waals surface area (Å²) in [5.74, 6) is 0.817. The summed E-state index contributed by atoms with van der Waals surface area (Å²) >= 11 is 0. The maximum absolute atomic E-state index is 13.5. The van der Waals surface area contributed by atoms with E-state index in [-0.39, 0.29) is 6.10 Å². The number of aliphatic hydroxyl groups excluding tert-OH is 1. The molecule has 2 amide bonds. The number of rotatable bonds is 53. The van der Waals surface area contributed by atoms with Gasteiger partial charge in [-0.1, -0.05) is 265 Å². The lowest BCUT2D eigenvalue weighted by molar-refractivity contribution is -0.132. The Labute approximate surface area is 433 Å². The van der Waals surface area contributed by atoms with Crippen LogP contribution < -0.4 is 0 Å². The van der Waals surface area contributed by atoms with Crippen molar-refractivity contribution in [3.8, 4) is 0 Å². The van der Waals surface area contributed by atoms with E-state index in [9.17, 15) is 14.7 Å². The fourth-order valence-electron chi connectivity index (χ4n) is 11.2. The average molecular weight is 973 g/mol. The smallest absolute Gasteiger partial charge is 0.222 e. The monoisotopic (exact) mass is 972 g/mol. The lowest BCUT2D eigenvalue weighted by atomic mass is 10.0. The van der Waals surface area contributed by atoms with Gasteiger partial charge in [0.1, 0.15) is 0 Å². The molecule has 69 heavy (non-hydrogen) atoms. The molecule has 6 heteroatoms. The quantitative estimate of drug-likeness (QED) is 0.0487. The Morgan fingerprint density at radius 3 is 0.870 bits per heavy atom. The molecule has 1 fully saturated rings.